The highest BCUT2D eigenvalue weighted by molar-refractivity contribution is 9.12. The monoisotopic (exact) mass is 378 g/mol. The molecule has 1 unspecified atom stereocenters. The van der Waals surface area contributed by atoms with E-state index in [0.717, 1.165) is 18.7 Å². The molecule has 0 radical (unpaired) electrons. The molecule has 90 valence electrons. The maximum absolute atomic E-state index is 13.2. The summed E-state index contributed by atoms with van der Waals surface area (Å²) in [6.07, 6.45) is 2.87. The van der Waals surface area contributed by atoms with Crippen molar-refractivity contribution >= 4 is 43.2 Å². The van der Waals surface area contributed by atoms with Crippen molar-refractivity contribution in [3.05, 3.63) is 49.0 Å². The summed E-state index contributed by atoms with van der Waals surface area (Å²) >= 11 is 8.54. The molecular formula is C11H9Br2FN2S. The Morgan fingerprint density at radius 1 is 1.35 bits per heavy atom. The molecule has 2 rings (SSSR count). The Balaban J connectivity index is 2.43. The fraction of sp³-hybridized carbons (Fsp3) is 0.182. The highest BCUT2D eigenvalue weighted by Crippen LogP contribution is 2.37. The van der Waals surface area contributed by atoms with E-state index in [9.17, 15) is 4.39 Å². The zero-order chi connectivity index (χ0) is 12.4. The standard InChI is InChI=1S/C11H9Br2FN2S/c1-15-10(6-2-7(14)5-16-4-6)8-3-9(12)17-11(8)13/h2-5,10,15H,1H3. The van der Waals surface area contributed by atoms with Gasteiger partial charge in [0.2, 0.25) is 0 Å². The molecule has 0 aromatic carbocycles. The van der Waals surface area contributed by atoms with E-state index in [0.29, 0.717) is 0 Å². The van der Waals surface area contributed by atoms with Crippen LogP contribution >= 0.6 is 43.2 Å². The van der Waals surface area contributed by atoms with E-state index in [-0.39, 0.29) is 11.9 Å². The van der Waals surface area contributed by atoms with Crippen molar-refractivity contribution < 1.29 is 4.39 Å². The van der Waals surface area contributed by atoms with Crippen LogP contribution in [0.5, 0.6) is 0 Å². The molecule has 0 aliphatic carbocycles. The highest BCUT2D eigenvalue weighted by Gasteiger charge is 2.18. The molecule has 0 aliphatic rings. The summed E-state index contributed by atoms with van der Waals surface area (Å²) in [4.78, 5) is 3.88. The number of halogens is 3. The smallest absolute Gasteiger partial charge is 0.141 e. The van der Waals surface area contributed by atoms with Gasteiger partial charge in [0.15, 0.2) is 0 Å². The Bertz CT molecular complexity index is 530. The van der Waals surface area contributed by atoms with E-state index >= 15 is 0 Å². The predicted molar refractivity (Wildman–Crippen MR) is 74.8 cm³/mol. The van der Waals surface area contributed by atoms with Crippen LogP contribution < -0.4 is 5.32 Å². The quantitative estimate of drug-likeness (QED) is 0.867. The Morgan fingerprint density at radius 3 is 2.65 bits per heavy atom. The normalized spacial score (nSPS) is 12.7. The molecule has 0 saturated heterocycles. The topological polar surface area (TPSA) is 24.9 Å². The van der Waals surface area contributed by atoms with Crippen LogP contribution in [0.15, 0.2) is 32.1 Å². The fourth-order valence-electron chi connectivity index (χ4n) is 1.64. The zero-order valence-electron chi connectivity index (χ0n) is 8.88. The summed E-state index contributed by atoms with van der Waals surface area (Å²) in [5.74, 6) is -0.326. The van der Waals surface area contributed by atoms with Crippen molar-refractivity contribution in [1.29, 1.82) is 0 Å². The molecule has 1 N–H and O–H groups in total. The molecule has 0 fully saturated rings. The Morgan fingerprint density at radius 2 is 2.12 bits per heavy atom. The molecule has 0 amide bonds. The Kier molecular flexibility index (Phi) is 4.30. The largest absolute Gasteiger partial charge is 0.309 e. The first-order valence-corrected chi connectivity index (χ1v) is 7.24. The van der Waals surface area contributed by atoms with Crippen molar-refractivity contribution in [2.45, 2.75) is 6.04 Å². The van der Waals surface area contributed by atoms with Crippen LogP contribution in [0.1, 0.15) is 17.2 Å². The minimum Gasteiger partial charge on any atom is -0.309 e. The van der Waals surface area contributed by atoms with Crippen LogP contribution in [0.25, 0.3) is 0 Å². The van der Waals surface area contributed by atoms with Gasteiger partial charge in [-0.05, 0) is 62.2 Å². The number of rotatable bonds is 3. The second-order valence-corrected chi connectivity index (χ2v) is 7.19. The molecule has 0 spiro atoms. The van der Waals surface area contributed by atoms with Crippen LogP contribution in [0.4, 0.5) is 4.39 Å². The highest BCUT2D eigenvalue weighted by atomic mass is 79.9. The van der Waals surface area contributed by atoms with Gasteiger partial charge < -0.3 is 5.32 Å². The first-order valence-electron chi connectivity index (χ1n) is 4.84. The number of pyridine rings is 1. The minimum atomic E-state index is -0.326. The van der Waals surface area contributed by atoms with E-state index in [1.807, 2.05) is 13.1 Å². The SMILES string of the molecule is CNC(c1cncc(F)c1)c1cc(Br)sc1Br. The average Bonchev–Trinajstić information content (AvgIpc) is 2.59. The third-order valence-electron chi connectivity index (χ3n) is 2.34. The second kappa shape index (κ2) is 5.56. The van der Waals surface area contributed by atoms with E-state index in [2.05, 4.69) is 42.2 Å². The number of hydrogen-bond donors (Lipinski definition) is 1. The van der Waals surface area contributed by atoms with Crippen molar-refractivity contribution in [2.24, 2.45) is 0 Å². The lowest BCUT2D eigenvalue weighted by Gasteiger charge is -2.15. The van der Waals surface area contributed by atoms with Gasteiger partial charge in [0.25, 0.3) is 0 Å². The average molecular weight is 380 g/mol. The lowest BCUT2D eigenvalue weighted by molar-refractivity contribution is 0.608. The number of thiophene rings is 1. The molecule has 0 bridgehead atoms. The van der Waals surface area contributed by atoms with E-state index in [1.165, 1.54) is 12.3 Å². The minimum absolute atomic E-state index is 0.0740. The third-order valence-corrected chi connectivity index (χ3v) is 4.73. The maximum atomic E-state index is 13.2. The molecule has 2 nitrogen and oxygen atoms in total. The van der Waals surface area contributed by atoms with Crippen molar-refractivity contribution in [1.82, 2.24) is 10.3 Å². The number of hydrogen-bond acceptors (Lipinski definition) is 3. The van der Waals surface area contributed by atoms with Gasteiger partial charge in [-0.15, -0.1) is 11.3 Å². The van der Waals surface area contributed by atoms with Crippen LogP contribution in [0, 0.1) is 5.82 Å². The lowest BCUT2D eigenvalue weighted by Crippen LogP contribution is -2.17. The van der Waals surface area contributed by atoms with Crippen molar-refractivity contribution in [2.75, 3.05) is 7.05 Å². The van der Waals surface area contributed by atoms with E-state index < -0.39 is 0 Å². The fourth-order valence-corrected chi connectivity index (χ4v) is 4.54. The van der Waals surface area contributed by atoms with Crippen molar-refractivity contribution in [3.63, 3.8) is 0 Å². The van der Waals surface area contributed by atoms with Crippen LogP contribution in [-0.2, 0) is 0 Å². The summed E-state index contributed by atoms with van der Waals surface area (Å²) in [5, 5.41) is 3.17. The summed E-state index contributed by atoms with van der Waals surface area (Å²) in [5.41, 5.74) is 1.87. The summed E-state index contributed by atoms with van der Waals surface area (Å²) in [7, 11) is 1.84. The summed E-state index contributed by atoms with van der Waals surface area (Å²) < 4.78 is 15.2. The number of nitrogens with zero attached hydrogens (tertiary/aromatic N) is 1. The molecule has 2 aromatic heterocycles. The van der Waals surface area contributed by atoms with Gasteiger partial charge in [-0.2, -0.15) is 0 Å². The molecule has 17 heavy (non-hydrogen) atoms. The van der Waals surface area contributed by atoms with E-state index in [4.69, 9.17) is 0 Å². The van der Waals surface area contributed by atoms with Gasteiger partial charge in [-0.3, -0.25) is 4.98 Å². The molecule has 2 heterocycles. The van der Waals surface area contributed by atoms with Gasteiger partial charge in [0.1, 0.15) is 5.82 Å². The Labute approximate surface area is 120 Å². The van der Waals surface area contributed by atoms with Crippen LogP contribution in [0.2, 0.25) is 0 Å². The summed E-state index contributed by atoms with van der Waals surface area (Å²) in [6, 6.07) is 3.43. The van der Waals surface area contributed by atoms with Gasteiger partial charge in [-0.25, -0.2) is 4.39 Å². The number of aromatic nitrogens is 1. The van der Waals surface area contributed by atoms with Crippen LogP contribution in [0.3, 0.4) is 0 Å². The molecular weight excluding hydrogens is 371 g/mol. The van der Waals surface area contributed by atoms with Gasteiger partial charge >= 0.3 is 0 Å². The molecule has 6 heteroatoms. The zero-order valence-corrected chi connectivity index (χ0v) is 12.9. The molecule has 0 saturated carbocycles. The maximum Gasteiger partial charge on any atom is 0.141 e. The van der Waals surface area contributed by atoms with Crippen LogP contribution in [-0.4, -0.2) is 12.0 Å². The molecule has 2 aromatic rings. The predicted octanol–water partition coefficient (Wildman–Crippen LogP) is 4.12. The van der Waals surface area contributed by atoms with Crippen molar-refractivity contribution in [3.8, 4) is 0 Å². The molecule has 1 atom stereocenters. The third kappa shape index (κ3) is 2.93. The van der Waals surface area contributed by atoms with Gasteiger partial charge in [0.05, 0.1) is 19.8 Å². The van der Waals surface area contributed by atoms with E-state index in [1.54, 1.807) is 17.5 Å². The Hall–Kier alpha value is -0.300. The lowest BCUT2D eigenvalue weighted by atomic mass is 10.0. The summed E-state index contributed by atoms with van der Waals surface area (Å²) in [6.45, 7) is 0. The second-order valence-electron chi connectivity index (χ2n) is 3.44. The number of nitrogens with one attached hydrogen (secondary N) is 1. The molecule has 0 aliphatic heterocycles. The first kappa shape index (κ1) is 13.1. The van der Waals surface area contributed by atoms with Gasteiger partial charge in [-0.1, -0.05) is 0 Å². The van der Waals surface area contributed by atoms with Gasteiger partial charge in [0, 0.05) is 6.20 Å². The first-order chi connectivity index (χ1) is 8.11.